The Morgan fingerprint density at radius 1 is 0.636 bits per heavy atom. The molecule has 0 radical (unpaired) electrons. The number of para-hydroxylation sites is 1. The highest BCUT2D eigenvalue weighted by Gasteiger charge is 2.08. The van der Waals surface area contributed by atoms with Crippen LogP contribution in [0, 0.1) is 3.57 Å². The average Bonchev–Trinajstić information content (AvgIpc) is 2.81. The van der Waals surface area contributed by atoms with Gasteiger partial charge in [0, 0.05) is 9.26 Å². The number of nitrogens with two attached hydrogens (primary N) is 1. The van der Waals surface area contributed by atoms with E-state index in [0.29, 0.717) is 17.5 Å². The van der Waals surface area contributed by atoms with Crippen molar-refractivity contribution in [1.82, 2.24) is 0 Å². The Labute approximate surface area is 206 Å². The number of carboxylic acid groups (broad SMARTS) is 2. The molecule has 0 bridgehead atoms. The van der Waals surface area contributed by atoms with Crippen molar-refractivity contribution in [3.63, 3.8) is 0 Å². The van der Waals surface area contributed by atoms with E-state index in [1.807, 2.05) is 101 Å². The second-order valence-corrected chi connectivity index (χ2v) is 7.98. The third-order valence-electron chi connectivity index (χ3n) is 4.39. The van der Waals surface area contributed by atoms with Gasteiger partial charge < -0.3 is 15.9 Å². The zero-order chi connectivity index (χ0) is 24.1. The van der Waals surface area contributed by atoms with Crippen LogP contribution in [-0.2, 0) is 6.42 Å². The molecule has 0 unspecified atom stereocenters. The number of hydrogen-bond donors (Lipinski definition) is 3. The van der Waals surface area contributed by atoms with Crippen LogP contribution >= 0.6 is 22.6 Å². The molecule has 4 N–H and O–H groups in total. The Morgan fingerprint density at radius 3 is 1.55 bits per heavy atom. The molecule has 4 aromatic carbocycles. The summed E-state index contributed by atoms with van der Waals surface area (Å²) in [6.45, 7) is 0. The van der Waals surface area contributed by atoms with Gasteiger partial charge >= 0.3 is 11.9 Å². The van der Waals surface area contributed by atoms with Gasteiger partial charge in [0.25, 0.3) is 0 Å². The molecule has 0 heterocycles. The maximum atomic E-state index is 11.0. The van der Waals surface area contributed by atoms with Gasteiger partial charge in [-0.25, -0.2) is 9.59 Å². The maximum absolute atomic E-state index is 11.0. The second kappa shape index (κ2) is 13.7. The highest BCUT2D eigenvalue weighted by molar-refractivity contribution is 14.1. The molecule has 33 heavy (non-hydrogen) atoms. The van der Waals surface area contributed by atoms with Gasteiger partial charge in [-0.2, -0.15) is 0 Å². The van der Waals surface area contributed by atoms with E-state index in [4.69, 9.17) is 15.9 Å². The van der Waals surface area contributed by atoms with Crippen LogP contribution in [0.25, 0.3) is 0 Å². The highest BCUT2D eigenvalue weighted by Crippen LogP contribution is 2.14. The fraction of sp³-hybridized carbons (Fsp3) is 0.0370. The smallest absolute Gasteiger partial charge is 0.336 e. The van der Waals surface area contributed by atoms with Gasteiger partial charge in [0.1, 0.15) is 0 Å². The average molecular weight is 553 g/mol. The van der Waals surface area contributed by atoms with Crippen molar-refractivity contribution in [2.75, 3.05) is 5.73 Å². The third kappa shape index (κ3) is 9.16. The first-order chi connectivity index (χ1) is 15.9. The number of benzene rings is 4. The zero-order valence-corrected chi connectivity index (χ0v) is 19.9. The minimum Gasteiger partial charge on any atom is -0.478 e. The van der Waals surface area contributed by atoms with Gasteiger partial charge in [-0.15, -0.1) is 0 Å². The lowest BCUT2D eigenvalue weighted by atomic mass is 10.00. The van der Waals surface area contributed by atoms with Crippen LogP contribution in [0.2, 0.25) is 0 Å². The quantitative estimate of drug-likeness (QED) is 0.205. The van der Waals surface area contributed by atoms with Crippen LogP contribution in [0.1, 0.15) is 31.8 Å². The topological polar surface area (TPSA) is 101 Å². The van der Waals surface area contributed by atoms with E-state index in [2.05, 4.69) is 0 Å². The second-order valence-electron chi connectivity index (χ2n) is 6.82. The molecule has 0 saturated carbocycles. The van der Waals surface area contributed by atoms with E-state index in [9.17, 15) is 9.59 Å². The molecule has 0 aliphatic rings. The van der Waals surface area contributed by atoms with E-state index in [1.54, 1.807) is 30.3 Å². The van der Waals surface area contributed by atoms with E-state index in [0.717, 1.165) is 20.4 Å². The van der Waals surface area contributed by atoms with Crippen LogP contribution in [-0.4, -0.2) is 22.2 Å². The van der Waals surface area contributed by atoms with Crippen molar-refractivity contribution >= 4 is 40.2 Å². The Balaban J connectivity index is 0.000000193. The van der Waals surface area contributed by atoms with Crippen LogP contribution in [0.5, 0.6) is 0 Å². The number of anilines is 1. The SMILES string of the molecule is Nc1ccccc1.O=C(O)c1ccccc1Cc1ccccc1.O=C(O)c1ccccc1I. The number of nitrogen functional groups attached to an aromatic ring is 1. The lowest BCUT2D eigenvalue weighted by Gasteiger charge is -2.05. The molecule has 6 heteroatoms. The van der Waals surface area contributed by atoms with Gasteiger partial charge in [-0.3, -0.25) is 0 Å². The van der Waals surface area contributed by atoms with E-state index in [-0.39, 0.29) is 0 Å². The van der Waals surface area contributed by atoms with Crippen LogP contribution in [0.4, 0.5) is 5.69 Å². The fourth-order valence-electron chi connectivity index (χ4n) is 2.79. The first-order valence-electron chi connectivity index (χ1n) is 10.0. The summed E-state index contributed by atoms with van der Waals surface area (Å²) in [5.74, 6) is -1.74. The molecule has 0 aliphatic carbocycles. The van der Waals surface area contributed by atoms with Crippen LogP contribution < -0.4 is 5.73 Å². The molecule has 168 valence electrons. The molecule has 0 aromatic heterocycles. The molecule has 4 rings (SSSR count). The minimum absolute atomic E-state index is 0.364. The summed E-state index contributed by atoms with van der Waals surface area (Å²) in [5.41, 5.74) is 8.89. The molecule has 5 nitrogen and oxygen atoms in total. The largest absolute Gasteiger partial charge is 0.478 e. The maximum Gasteiger partial charge on any atom is 0.336 e. The molecule has 0 aliphatic heterocycles. The van der Waals surface area contributed by atoms with Crippen molar-refractivity contribution < 1.29 is 19.8 Å². The Hall–Kier alpha value is -3.65. The number of carboxylic acids is 2. The number of carbonyl (C=O) groups is 2. The lowest BCUT2D eigenvalue weighted by molar-refractivity contribution is 0.0685. The Bertz CT molecular complexity index is 1160. The van der Waals surface area contributed by atoms with E-state index >= 15 is 0 Å². The molecule has 0 atom stereocenters. The number of hydrogen-bond acceptors (Lipinski definition) is 3. The van der Waals surface area contributed by atoms with Crippen molar-refractivity contribution in [3.8, 4) is 0 Å². The molecule has 0 amide bonds. The molecular formula is C27H24INO4. The molecule has 0 spiro atoms. The predicted molar refractivity (Wildman–Crippen MR) is 140 cm³/mol. The standard InChI is InChI=1S/C14H12O2.C7H5IO2.C6H7N/c15-14(16)13-9-5-4-8-12(13)10-11-6-2-1-3-7-11;8-6-4-2-1-3-5(6)7(9)10;7-6-4-2-1-3-5-6/h1-9H,10H2,(H,15,16);1-4H,(H,9,10);1-5H,7H2. The fourth-order valence-corrected chi connectivity index (χ4v) is 3.40. The third-order valence-corrected chi connectivity index (χ3v) is 5.33. The lowest BCUT2D eigenvalue weighted by Crippen LogP contribution is -2.02. The van der Waals surface area contributed by atoms with Crippen molar-refractivity contribution in [3.05, 3.63) is 135 Å². The number of rotatable bonds is 4. The summed E-state index contributed by atoms with van der Waals surface area (Å²) in [4.78, 5) is 21.4. The first kappa shape index (κ1) is 25.6. The summed E-state index contributed by atoms with van der Waals surface area (Å²) in [6.07, 6.45) is 0.656. The van der Waals surface area contributed by atoms with E-state index in [1.165, 1.54) is 0 Å². The van der Waals surface area contributed by atoms with Crippen molar-refractivity contribution in [2.24, 2.45) is 0 Å². The van der Waals surface area contributed by atoms with Crippen LogP contribution in [0.3, 0.4) is 0 Å². The highest BCUT2D eigenvalue weighted by atomic mass is 127. The van der Waals surface area contributed by atoms with Gasteiger partial charge in [0.05, 0.1) is 11.1 Å². The van der Waals surface area contributed by atoms with Gasteiger partial charge in [-0.05, 0) is 70.5 Å². The molecular weight excluding hydrogens is 529 g/mol. The summed E-state index contributed by atoms with van der Waals surface area (Å²) >= 11 is 1.99. The molecule has 4 aromatic rings. The van der Waals surface area contributed by atoms with Crippen molar-refractivity contribution in [1.29, 1.82) is 0 Å². The monoisotopic (exact) mass is 553 g/mol. The number of aromatic carboxylic acids is 2. The summed E-state index contributed by atoms with van der Waals surface area (Å²) < 4.78 is 0.771. The Kier molecular flexibility index (Phi) is 10.6. The molecule has 0 saturated heterocycles. The van der Waals surface area contributed by atoms with Gasteiger partial charge in [0.2, 0.25) is 0 Å². The summed E-state index contributed by atoms with van der Waals surface area (Å²) in [5, 5.41) is 17.6. The van der Waals surface area contributed by atoms with Gasteiger partial charge in [0.15, 0.2) is 0 Å². The van der Waals surface area contributed by atoms with Crippen LogP contribution in [0.15, 0.2) is 109 Å². The minimum atomic E-state index is -0.870. The first-order valence-corrected chi connectivity index (χ1v) is 11.1. The normalized spacial score (nSPS) is 9.48. The zero-order valence-electron chi connectivity index (χ0n) is 17.8. The van der Waals surface area contributed by atoms with E-state index < -0.39 is 11.9 Å². The predicted octanol–water partition coefficient (Wildman–Crippen LogP) is 6.23. The molecule has 0 fully saturated rings. The number of halogens is 1. The summed E-state index contributed by atoms with van der Waals surface area (Å²) in [7, 11) is 0. The van der Waals surface area contributed by atoms with Crippen molar-refractivity contribution in [2.45, 2.75) is 6.42 Å². The van der Waals surface area contributed by atoms with Gasteiger partial charge in [-0.1, -0.05) is 78.9 Å². The Morgan fingerprint density at radius 2 is 1.09 bits per heavy atom. The summed E-state index contributed by atoms with van der Waals surface area (Å²) in [6, 6.07) is 33.3.